The Bertz CT molecular complexity index is 1370. The van der Waals surface area contributed by atoms with Crippen LogP contribution in [0.5, 0.6) is 11.5 Å². The van der Waals surface area contributed by atoms with Gasteiger partial charge in [0.05, 0.1) is 5.56 Å². The Labute approximate surface area is 205 Å². The molecule has 0 saturated carbocycles. The van der Waals surface area contributed by atoms with Crippen LogP contribution in [0.3, 0.4) is 0 Å². The summed E-state index contributed by atoms with van der Waals surface area (Å²) in [7, 11) is 0. The third-order valence-corrected chi connectivity index (χ3v) is 6.84. The van der Waals surface area contributed by atoms with Crippen LogP contribution in [0.15, 0.2) is 75.9 Å². The predicted molar refractivity (Wildman–Crippen MR) is 139 cm³/mol. The summed E-state index contributed by atoms with van der Waals surface area (Å²) < 4.78 is 11.6. The predicted octanol–water partition coefficient (Wildman–Crippen LogP) is 5.93. The van der Waals surface area contributed by atoms with E-state index in [4.69, 9.17) is 9.15 Å². The lowest BCUT2D eigenvalue weighted by molar-refractivity contribution is 0.183. The zero-order valence-corrected chi connectivity index (χ0v) is 20.1. The van der Waals surface area contributed by atoms with Gasteiger partial charge in [0.1, 0.15) is 23.7 Å². The van der Waals surface area contributed by atoms with Gasteiger partial charge in [-0.15, -0.1) is 0 Å². The third-order valence-electron chi connectivity index (χ3n) is 6.84. The Kier molecular flexibility index (Phi) is 6.87. The number of aryl methyl sites for hydroxylation is 1. The van der Waals surface area contributed by atoms with E-state index >= 15 is 0 Å². The quantitative estimate of drug-likeness (QED) is 0.340. The summed E-state index contributed by atoms with van der Waals surface area (Å²) in [5.74, 6) is 0.925. The molecule has 35 heavy (non-hydrogen) atoms. The molecule has 3 aromatic carbocycles. The lowest BCUT2D eigenvalue weighted by atomic mass is 9.91. The van der Waals surface area contributed by atoms with E-state index in [1.54, 1.807) is 6.07 Å². The summed E-state index contributed by atoms with van der Waals surface area (Å²) in [6, 6.07) is 20.9. The van der Waals surface area contributed by atoms with Crippen LogP contribution in [0.25, 0.3) is 22.1 Å². The first-order chi connectivity index (χ1) is 17.1. The number of likely N-dealkylation sites (tertiary alicyclic amines) is 1. The molecule has 0 spiro atoms. The number of hydrogen-bond acceptors (Lipinski definition) is 5. The van der Waals surface area contributed by atoms with Crippen molar-refractivity contribution in [3.8, 4) is 22.6 Å². The van der Waals surface area contributed by atoms with Crippen LogP contribution in [0, 0.1) is 6.92 Å². The van der Waals surface area contributed by atoms with Gasteiger partial charge in [-0.3, -0.25) is 4.90 Å². The summed E-state index contributed by atoms with van der Waals surface area (Å²) in [5, 5.41) is 10.8. The largest absolute Gasteiger partial charge is 0.508 e. The average molecular weight is 470 g/mol. The van der Waals surface area contributed by atoms with E-state index < -0.39 is 5.63 Å². The molecule has 0 radical (unpaired) electrons. The fourth-order valence-corrected chi connectivity index (χ4v) is 4.95. The molecular weight excluding hydrogens is 438 g/mol. The molecule has 1 fully saturated rings. The molecule has 0 aliphatic carbocycles. The van der Waals surface area contributed by atoms with Crippen LogP contribution in [-0.4, -0.2) is 36.2 Å². The van der Waals surface area contributed by atoms with Crippen LogP contribution < -0.4 is 10.4 Å². The Balaban J connectivity index is 1.42. The van der Waals surface area contributed by atoms with Crippen LogP contribution in [0.1, 0.15) is 36.0 Å². The van der Waals surface area contributed by atoms with Crippen molar-refractivity contribution in [1.29, 1.82) is 0 Å². The van der Waals surface area contributed by atoms with Crippen molar-refractivity contribution >= 4 is 11.0 Å². The number of piperidine rings is 1. The zero-order valence-electron chi connectivity index (χ0n) is 20.1. The normalized spacial score (nSPS) is 14.3. The third kappa shape index (κ3) is 5.25. The molecule has 5 nitrogen and oxygen atoms in total. The Hall–Kier alpha value is -3.57. The molecule has 1 aliphatic rings. The number of hydrogen-bond donors (Lipinski definition) is 1. The second kappa shape index (κ2) is 10.4. The first-order valence-corrected chi connectivity index (χ1v) is 12.4. The molecule has 1 aliphatic heterocycles. The molecule has 0 unspecified atom stereocenters. The lowest BCUT2D eigenvalue weighted by Crippen LogP contribution is -2.33. The van der Waals surface area contributed by atoms with E-state index in [9.17, 15) is 9.90 Å². The monoisotopic (exact) mass is 469 g/mol. The second-order valence-corrected chi connectivity index (χ2v) is 9.31. The van der Waals surface area contributed by atoms with E-state index in [-0.39, 0.29) is 5.75 Å². The minimum Gasteiger partial charge on any atom is -0.508 e. The minimum atomic E-state index is -0.398. The van der Waals surface area contributed by atoms with Gasteiger partial charge in [0.25, 0.3) is 0 Å². The highest BCUT2D eigenvalue weighted by Gasteiger charge is 2.18. The summed E-state index contributed by atoms with van der Waals surface area (Å²) in [5.41, 5.74) is 4.40. The first kappa shape index (κ1) is 23.2. The van der Waals surface area contributed by atoms with Crippen molar-refractivity contribution in [2.45, 2.75) is 32.6 Å². The number of aromatic hydroxyl groups is 1. The van der Waals surface area contributed by atoms with Crippen LogP contribution in [-0.2, 0) is 6.42 Å². The second-order valence-electron chi connectivity index (χ2n) is 9.31. The maximum Gasteiger partial charge on any atom is 0.344 e. The fraction of sp³-hybridized carbons (Fsp3) is 0.300. The van der Waals surface area contributed by atoms with E-state index in [0.29, 0.717) is 24.2 Å². The smallest absolute Gasteiger partial charge is 0.344 e. The molecule has 5 heteroatoms. The number of phenolic OH excluding ortho intramolecular Hbond substituents is 1. The van der Waals surface area contributed by atoms with Crippen molar-refractivity contribution in [2.24, 2.45) is 0 Å². The number of nitrogens with zero attached hydrogens (tertiary/aromatic N) is 1. The summed E-state index contributed by atoms with van der Waals surface area (Å²) in [6.07, 6.45) is 4.46. The van der Waals surface area contributed by atoms with Gasteiger partial charge in [0, 0.05) is 18.0 Å². The maximum atomic E-state index is 13.1. The number of rotatable bonds is 7. The van der Waals surface area contributed by atoms with Crippen molar-refractivity contribution in [3.63, 3.8) is 0 Å². The van der Waals surface area contributed by atoms with E-state index in [0.717, 1.165) is 39.9 Å². The molecule has 1 saturated heterocycles. The van der Waals surface area contributed by atoms with E-state index in [1.165, 1.54) is 38.4 Å². The fourth-order valence-electron chi connectivity index (χ4n) is 4.95. The average Bonchev–Trinajstić information content (AvgIpc) is 2.86. The van der Waals surface area contributed by atoms with Gasteiger partial charge in [0.15, 0.2) is 0 Å². The molecule has 180 valence electrons. The maximum absolute atomic E-state index is 13.1. The molecular formula is C30H31NO4. The van der Waals surface area contributed by atoms with Gasteiger partial charge in [-0.2, -0.15) is 0 Å². The molecule has 1 N–H and O–H groups in total. The molecule has 1 aromatic heterocycles. The van der Waals surface area contributed by atoms with Crippen LogP contribution in [0.2, 0.25) is 0 Å². The van der Waals surface area contributed by atoms with Crippen molar-refractivity contribution in [2.75, 3.05) is 26.2 Å². The van der Waals surface area contributed by atoms with E-state index in [1.807, 2.05) is 49.4 Å². The van der Waals surface area contributed by atoms with E-state index in [2.05, 4.69) is 17.0 Å². The lowest BCUT2D eigenvalue weighted by Gasteiger charge is -2.26. The summed E-state index contributed by atoms with van der Waals surface area (Å²) in [4.78, 5) is 15.6. The molecule has 4 aromatic rings. The molecule has 2 heterocycles. The SMILES string of the molecule is Cc1ccccc1-c1c(Cc2ccc(OCCN3CCCCC3)cc2)c2ccc(O)cc2oc1=O. The first-order valence-electron chi connectivity index (χ1n) is 12.4. The van der Waals surface area contributed by atoms with Gasteiger partial charge in [-0.05, 0) is 85.8 Å². The molecule has 5 rings (SSSR count). The van der Waals surface area contributed by atoms with Crippen molar-refractivity contribution in [1.82, 2.24) is 4.90 Å². The summed E-state index contributed by atoms with van der Waals surface area (Å²) in [6.45, 7) is 5.98. The van der Waals surface area contributed by atoms with Gasteiger partial charge >= 0.3 is 5.63 Å². The Morgan fingerprint density at radius 2 is 1.74 bits per heavy atom. The van der Waals surface area contributed by atoms with Gasteiger partial charge in [-0.1, -0.05) is 42.8 Å². The Morgan fingerprint density at radius 1 is 0.971 bits per heavy atom. The summed E-state index contributed by atoms with van der Waals surface area (Å²) >= 11 is 0. The van der Waals surface area contributed by atoms with Gasteiger partial charge in [0.2, 0.25) is 0 Å². The Morgan fingerprint density at radius 3 is 2.51 bits per heavy atom. The number of phenols is 1. The molecule has 0 amide bonds. The highest BCUT2D eigenvalue weighted by molar-refractivity contribution is 5.88. The van der Waals surface area contributed by atoms with Gasteiger partial charge in [-0.25, -0.2) is 4.79 Å². The molecule has 0 atom stereocenters. The highest BCUT2D eigenvalue weighted by Crippen LogP contribution is 2.32. The topological polar surface area (TPSA) is 62.9 Å². The van der Waals surface area contributed by atoms with Crippen molar-refractivity contribution in [3.05, 3.63) is 93.8 Å². The van der Waals surface area contributed by atoms with Crippen LogP contribution >= 0.6 is 0 Å². The minimum absolute atomic E-state index is 0.0706. The molecule has 0 bridgehead atoms. The van der Waals surface area contributed by atoms with Crippen LogP contribution in [0.4, 0.5) is 0 Å². The number of fused-ring (bicyclic) bond motifs is 1. The standard InChI is InChI=1S/C30H31NO4/c1-21-7-3-4-8-25(21)29-27(26-14-11-23(32)20-28(26)35-30(29)33)19-22-9-12-24(13-10-22)34-18-17-31-15-5-2-6-16-31/h3-4,7-14,20,32H,2,5-6,15-19H2,1H3. The number of ether oxygens (including phenoxy) is 1. The van der Waals surface area contributed by atoms with Crippen molar-refractivity contribution < 1.29 is 14.3 Å². The highest BCUT2D eigenvalue weighted by atomic mass is 16.5. The zero-order chi connectivity index (χ0) is 24.2. The number of benzene rings is 3. The van der Waals surface area contributed by atoms with Gasteiger partial charge < -0.3 is 14.3 Å².